The van der Waals surface area contributed by atoms with Gasteiger partial charge in [-0.05, 0) is 37.3 Å². The van der Waals surface area contributed by atoms with Crippen molar-refractivity contribution in [2.75, 3.05) is 20.8 Å². The Morgan fingerprint density at radius 2 is 1.71 bits per heavy atom. The van der Waals surface area contributed by atoms with Gasteiger partial charge in [0.2, 0.25) is 0 Å². The Morgan fingerprint density at radius 1 is 1.03 bits per heavy atom. The lowest BCUT2D eigenvalue weighted by molar-refractivity contribution is 0.0549. The van der Waals surface area contributed by atoms with Crippen LogP contribution in [0.25, 0.3) is 16.9 Å². The molecule has 3 aromatic rings. The first-order valence-corrected chi connectivity index (χ1v) is 9.41. The van der Waals surface area contributed by atoms with E-state index in [0.717, 1.165) is 0 Å². The van der Waals surface area contributed by atoms with Gasteiger partial charge in [0.25, 0.3) is 0 Å². The highest BCUT2D eigenvalue weighted by Crippen LogP contribution is 2.30. The van der Waals surface area contributed by atoms with E-state index in [2.05, 4.69) is 5.10 Å². The number of para-hydroxylation sites is 1. The number of nitrogens with zero attached hydrogens (tertiary/aromatic N) is 2. The highest BCUT2D eigenvalue weighted by atomic mass is 16.5. The Kier molecular flexibility index (Phi) is 6.73. The van der Waals surface area contributed by atoms with E-state index < -0.39 is 19.1 Å². The first-order chi connectivity index (χ1) is 14.9. The summed E-state index contributed by atoms with van der Waals surface area (Å²) in [6.45, 7) is 2.09. The van der Waals surface area contributed by atoms with Crippen LogP contribution in [0.5, 0.6) is 5.75 Å². The average molecular weight is 424 g/mol. The fourth-order valence-corrected chi connectivity index (χ4v) is 3.14. The minimum absolute atomic E-state index is 0.0871. The minimum Gasteiger partial charge on any atom is -0.494 e. The SMILES string of the molecule is CCOc1ccc(-c2nn(-c3ccccc3)c(C(=O)OC)c2C(=O)OC)cc1B(O)O. The molecule has 0 aliphatic rings. The molecule has 0 aliphatic heterocycles. The summed E-state index contributed by atoms with van der Waals surface area (Å²) in [7, 11) is 0.566. The van der Waals surface area contributed by atoms with Crippen LogP contribution in [0.15, 0.2) is 48.5 Å². The summed E-state index contributed by atoms with van der Waals surface area (Å²) >= 11 is 0. The lowest BCUT2D eigenvalue weighted by atomic mass is 9.78. The van der Waals surface area contributed by atoms with Gasteiger partial charge in [-0.1, -0.05) is 18.2 Å². The largest absolute Gasteiger partial charge is 0.494 e. The summed E-state index contributed by atoms with van der Waals surface area (Å²) in [5.74, 6) is -1.30. The van der Waals surface area contributed by atoms with Gasteiger partial charge in [-0.15, -0.1) is 0 Å². The predicted octanol–water partition coefficient (Wildman–Crippen LogP) is 1.19. The first-order valence-electron chi connectivity index (χ1n) is 9.41. The summed E-state index contributed by atoms with van der Waals surface area (Å²) < 4.78 is 16.5. The summed E-state index contributed by atoms with van der Waals surface area (Å²) in [4.78, 5) is 25.3. The molecule has 2 aromatic carbocycles. The number of ether oxygens (including phenoxy) is 3. The third-order valence-corrected chi connectivity index (χ3v) is 4.52. The van der Waals surface area contributed by atoms with Crippen LogP contribution in [0.4, 0.5) is 0 Å². The number of hydrogen-bond donors (Lipinski definition) is 2. The smallest absolute Gasteiger partial charge is 0.492 e. The molecule has 0 fully saturated rings. The van der Waals surface area contributed by atoms with Crippen molar-refractivity contribution in [3.63, 3.8) is 0 Å². The maximum Gasteiger partial charge on any atom is 0.492 e. The maximum absolute atomic E-state index is 12.7. The fraction of sp³-hybridized carbons (Fsp3) is 0.190. The molecule has 0 saturated heterocycles. The maximum atomic E-state index is 12.7. The predicted molar refractivity (Wildman–Crippen MR) is 113 cm³/mol. The van der Waals surface area contributed by atoms with E-state index in [1.807, 2.05) is 0 Å². The molecule has 9 nitrogen and oxygen atoms in total. The number of aromatic nitrogens is 2. The molecule has 10 heteroatoms. The lowest BCUT2D eigenvalue weighted by Crippen LogP contribution is -2.31. The van der Waals surface area contributed by atoms with Crippen molar-refractivity contribution in [2.24, 2.45) is 0 Å². The molecule has 0 aliphatic carbocycles. The number of carbonyl (C=O) groups is 2. The Bertz CT molecular complexity index is 1100. The minimum atomic E-state index is -1.82. The van der Waals surface area contributed by atoms with Gasteiger partial charge in [-0.3, -0.25) is 0 Å². The lowest BCUT2D eigenvalue weighted by Gasteiger charge is -2.11. The molecule has 160 valence electrons. The molecular formula is C21H21BN2O7. The number of methoxy groups -OCH3 is 2. The van der Waals surface area contributed by atoms with Crippen molar-refractivity contribution in [3.8, 4) is 22.7 Å². The topological polar surface area (TPSA) is 120 Å². The van der Waals surface area contributed by atoms with Crippen molar-refractivity contribution >= 4 is 24.5 Å². The van der Waals surface area contributed by atoms with Gasteiger partial charge in [-0.25, -0.2) is 14.3 Å². The Hall–Kier alpha value is -3.63. The molecule has 0 spiro atoms. The molecule has 0 unspecified atom stereocenters. The second-order valence-electron chi connectivity index (χ2n) is 6.36. The van der Waals surface area contributed by atoms with Crippen LogP contribution in [0.1, 0.15) is 27.8 Å². The summed E-state index contributed by atoms with van der Waals surface area (Å²) in [5.41, 5.74) is 0.848. The molecule has 1 aromatic heterocycles. The van der Waals surface area contributed by atoms with E-state index in [0.29, 0.717) is 17.9 Å². The van der Waals surface area contributed by atoms with Gasteiger partial charge in [0.05, 0.1) is 26.5 Å². The molecule has 3 rings (SSSR count). The second kappa shape index (κ2) is 9.46. The van der Waals surface area contributed by atoms with Gasteiger partial charge in [0, 0.05) is 11.0 Å². The molecule has 0 amide bonds. The standard InChI is InChI=1S/C21H21BN2O7/c1-4-31-16-11-10-13(12-15(16)22(27)28)18-17(20(25)29-2)19(21(26)30-3)24(23-18)14-8-6-5-7-9-14/h5-12,27-28H,4H2,1-3H3. The second-order valence-corrected chi connectivity index (χ2v) is 6.36. The number of rotatable bonds is 7. The summed E-state index contributed by atoms with van der Waals surface area (Å²) in [6, 6.07) is 13.3. The van der Waals surface area contributed by atoms with Crippen molar-refractivity contribution in [1.29, 1.82) is 0 Å². The molecule has 31 heavy (non-hydrogen) atoms. The molecule has 0 radical (unpaired) electrons. The Balaban J connectivity index is 2.32. The van der Waals surface area contributed by atoms with E-state index in [4.69, 9.17) is 14.2 Å². The van der Waals surface area contributed by atoms with E-state index in [1.54, 1.807) is 43.3 Å². The zero-order chi connectivity index (χ0) is 22.5. The third-order valence-electron chi connectivity index (χ3n) is 4.52. The van der Waals surface area contributed by atoms with Crippen LogP contribution in [-0.2, 0) is 9.47 Å². The monoisotopic (exact) mass is 424 g/mol. The number of esters is 2. The van der Waals surface area contributed by atoms with Gasteiger partial charge in [0.15, 0.2) is 5.69 Å². The number of carbonyl (C=O) groups excluding carboxylic acids is 2. The van der Waals surface area contributed by atoms with E-state index in [9.17, 15) is 19.6 Å². The zero-order valence-corrected chi connectivity index (χ0v) is 17.2. The van der Waals surface area contributed by atoms with E-state index in [-0.39, 0.29) is 28.2 Å². The van der Waals surface area contributed by atoms with Crippen LogP contribution < -0.4 is 10.2 Å². The van der Waals surface area contributed by atoms with E-state index >= 15 is 0 Å². The molecule has 0 atom stereocenters. The van der Waals surface area contributed by atoms with Crippen molar-refractivity contribution in [2.45, 2.75) is 6.92 Å². The number of hydrogen-bond acceptors (Lipinski definition) is 8. The number of benzene rings is 2. The Morgan fingerprint density at radius 3 is 2.29 bits per heavy atom. The van der Waals surface area contributed by atoms with Gasteiger partial charge < -0.3 is 24.3 Å². The molecule has 2 N–H and O–H groups in total. The van der Waals surface area contributed by atoms with Crippen molar-refractivity contribution in [1.82, 2.24) is 9.78 Å². The highest BCUT2D eigenvalue weighted by Gasteiger charge is 2.32. The van der Waals surface area contributed by atoms with E-state index in [1.165, 1.54) is 31.0 Å². The normalized spacial score (nSPS) is 10.5. The van der Waals surface area contributed by atoms with Crippen molar-refractivity contribution in [3.05, 3.63) is 59.8 Å². The first kappa shape index (κ1) is 22.1. The molecule has 0 bridgehead atoms. The van der Waals surface area contributed by atoms with Crippen LogP contribution >= 0.6 is 0 Å². The highest BCUT2D eigenvalue weighted by molar-refractivity contribution is 6.59. The van der Waals surface area contributed by atoms with Crippen LogP contribution in [0, 0.1) is 0 Å². The van der Waals surface area contributed by atoms with Gasteiger partial charge in [0.1, 0.15) is 17.0 Å². The van der Waals surface area contributed by atoms with Gasteiger partial charge >= 0.3 is 19.1 Å². The molecule has 0 saturated carbocycles. The summed E-state index contributed by atoms with van der Waals surface area (Å²) in [6.07, 6.45) is 0. The van der Waals surface area contributed by atoms with Crippen molar-refractivity contribution < 1.29 is 33.8 Å². The average Bonchev–Trinajstić information content (AvgIpc) is 3.19. The van der Waals surface area contributed by atoms with Gasteiger partial charge in [-0.2, -0.15) is 5.10 Å². The van der Waals surface area contributed by atoms with Crippen LogP contribution in [0.3, 0.4) is 0 Å². The summed E-state index contributed by atoms with van der Waals surface area (Å²) in [5, 5.41) is 24.0. The van der Waals surface area contributed by atoms with Crippen LogP contribution in [-0.4, -0.2) is 59.7 Å². The molecule has 1 heterocycles. The van der Waals surface area contributed by atoms with Crippen LogP contribution in [0.2, 0.25) is 0 Å². The quantitative estimate of drug-likeness (QED) is 0.429. The molecular weight excluding hydrogens is 403 g/mol. The fourth-order valence-electron chi connectivity index (χ4n) is 3.14. The third kappa shape index (κ3) is 4.30. The zero-order valence-electron chi connectivity index (χ0n) is 17.2. The Labute approximate surface area is 178 Å².